The predicted molar refractivity (Wildman–Crippen MR) is 193 cm³/mol. The topological polar surface area (TPSA) is 189 Å². The van der Waals surface area contributed by atoms with Crippen molar-refractivity contribution < 1.29 is 58.4 Å². The lowest BCUT2D eigenvalue weighted by molar-refractivity contribution is -0.317. The fourth-order valence-corrected chi connectivity index (χ4v) is 5.89. The lowest BCUT2D eigenvalue weighted by Crippen LogP contribution is -2.67. The van der Waals surface area contributed by atoms with Gasteiger partial charge in [0.1, 0.15) is 30.5 Å². The molecule has 1 aliphatic heterocycles. The average Bonchev–Trinajstić information content (AvgIpc) is 3.17. The number of carbonyl (C=O) groups is 1. The van der Waals surface area contributed by atoms with E-state index in [0.29, 0.717) is 19.6 Å². The number of esters is 1. The van der Waals surface area contributed by atoms with E-state index in [1.165, 1.54) is 0 Å². The second-order valence-corrected chi connectivity index (χ2v) is 13.3. The Bertz CT molecular complexity index is 1240. The van der Waals surface area contributed by atoms with Crippen molar-refractivity contribution in [3.8, 4) is 0 Å². The summed E-state index contributed by atoms with van der Waals surface area (Å²) in [6.07, 6.45) is -4.56. The lowest BCUT2D eigenvalue weighted by Gasteiger charge is -2.46. The van der Waals surface area contributed by atoms with Crippen LogP contribution in [0.15, 0.2) is 60.7 Å². The van der Waals surface area contributed by atoms with E-state index in [-0.39, 0.29) is 25.9 Å². The summed E-state index contributed by atoms with van der Waals surface area (Å²) in [6, 6.07) is 18.9. The van der Waals surface area contributed by atoms with Gasteiger partial charge in [-0.3, -0.25) is 0 Å². The molecule has 2 aromatic carbocycles. The van der Waals surface area contributed by atoms with Crippen LogP contribution >= 0.6 is 0 Å². The molecule has 13 nitrogen and oxygen atoms in total. The molecule has 3 rings (SSSR count). The third-order valence-corrected chi connectivity index (χ3v) is 9.16. The van der Waals surface area contributed by atoms with E-state index >= 15 is 0 Å². The molecule has 0 saturated carbocycles. The van der Waals surface area contributed by atoms with Crippen LogP contribution in [0.3, 0.4) is 0 Å². The summed E-state index contributed by atoms with van der Waals surface area (Å²) in [6.45, 7) is 6.30. The second kappa shape index (κ2) is 23.3. The van der Waals surface area contributed by atoms with E-state index in [0.717, 1.165) is 43.9 Å². The van der Waals surface area contributed by atoms with Gasteiger partial charge in [-0.05, 0) is 30.9 Å². The van der Waals surface area contributed by atoms with Gasteiger partial charge in [-0.1, -0.05) is 87.4 Å². The van der Waals surface area contributed by atoms with Crippen LogP contribution in [-0.2, 0) is 44.4 Å². The fourth-order valence-electron chi connectivity index (χ4n) is 5.89. The monoisotopic (exact) mass is 735 g/mol. The second-order valence-electron chi connectivity index (χ2n) is 13.3. The fraction of sp³-hybridized carbons (Fsp3) is 0.667. The maximum absolute atomic E-state index is 13.3. The van der Waals surface area contributed by atoms with Gasteiger partial charge in [-0.25, -0.2) is 4.79 Å². The van der Waals surface area contributed by atoms with Crippen molar-refractivity contribution in [3.63, 3.8) is 0 Å². The standard InChI is InChI=1S/C39H61NO12/c1-5-7-19-47-24-30(51-33(29-17-13-10-14-18-29)21-28-15-11-9-12-16-28)25-49-34(27(3)48-20-8-6-2)26-50-39(38(45)46-4)22-31(42)35(40)37(52-39)36(44)32(43)23-41/h9-18,27,30-37,41-44H,5-8,19-26,40H2,1-4H3/t27-,30-,31?,32+,33?,34?,35?,36+,37?,39?/m0/s1. The van der Waals surface area contributed by atoms with E-state index in [1.807, 2.05) is 55.5 Å². The maximum Gasteiger partial charge on any atom is 0.366 e. The van der Waals surface area contributed by atoms with E-state index in [4.69, 9.17) is 38.9 Å². The third kappa shape index (κ3) is 13.4. The molecule has 0 spiro atoms. The molecule has 0 bridgehead atoms. The summed E-state index contributed by atoms with van der Waals surface area (Å²) in [7, 11) is 1.13. The lowest BCUT2D eigenvalue weighted by atomic mass is 9.89. The molecule has 1 aliphatic rings. The Morgan fingerprint density at radius 1 is 0.962 bits per heavy atom. The van der Waals surface area contributed by atoms with Gasteiger partial charge >= 0.3 is 5.97 Å². The molecule has 1 heterocycles. The molecule has 0 radical (unpaired) electrons. The number of methoxy groups -OCH3 is 1. The summed E-state index contributed by atoms with van der Waals surface area (Å²) < 4.78 is 42.5. The van der Waals surface area contributed by atoms with Crippen LogP contribution in [0.1, 0.15) is 70.1 Å². The van der Waals surface area contributed by atoms with Crippen LogP contribution in [0.2, 0.25) is 0 Å². The SMILES string of the molecule is CCCCOC[C@@H](COC(COC1(C(=O)OC)CC(O)C(N)C([C@H](O)[C@H](O)CO)O1)[C@H](C)OCCCC)OC(Cc1ccccc1)c1ccccc1. The number of ether oxygens (including phenoxy) is 7. The van der Waals surface area contributed by atoms with Crippen LogP contribution in [0.25, 0.3) is 0 Å². The van der Waals surface area contributed by atoms with Crippen LogP contribution in [0.4, 0.5) is 0 Å². The molecular formula is C39H61NO12. The highest BCUT2D eigenvalue weighted by atomic mass is 16.7. The summed E-state index contributed by atoms with van der Waals surface area (Å²) >= 11 is 0. The number of aliphatic hydroxyl groups is 4. The highest BCUT2D eigenvalue weighted by molar-refractivity contribution is 5.78. The molecule has 0 aromatic heterocycles. The van der Waals surface area contributed by atoms with Gasteiger partial charge in [-0.15, -0.1) is 0 Å². The van der Waals surface area contributed by atoms with Gasteiger partial charge in [-0.2, -0.15) is 0 Å². The summed E-state index contributed by atoms with van der Waals surface area (Å²) in [4.78, 5) is 13.3. The molecule has 0 aliphatic carbocycles. The molecule has 0 amide bonds. The van der Waals surface area contributed by atoms with Gasteiger partial charge < -0.3 is 59.3 Å². The Labute approximate surface area is 308 Å². The molecule has 13 heteroatoms. The molecule has 1 fully saturated rings. The Morgan fingerprint density at radius 3 is 2.25 bits per heavy atom. The van der Waals surface area contributed by atoms with Gasteiger partial charge in [0.05, 0.1) is 57.9 Å². The molecule has 1 saturated heterocycles. The Hall–Kier alpha value is -2.53. The van der Waals surface area contributed by atoms with Gasteiger partial charge in [0.25, 0.3) is 5.79 Å². The van der Waals surface area contributed by atoms with E-state index in [1.54, 1.807) is 0 Å². The van der Waals surface area contributed by atoms with Crippen LogP contribution < -0.4 is 5.73 Å². The van der Waals surface area contributed by atoms with E-state index in [9.17, 15) is 25.2 Å². The minimum absolute atomic E-state index is 0.0867. The molecule has 294 valence electrons. The van der Waals surface area contributed by atoms with Crippen molar-refractivity contribution in [3.05, 3.63) is 71.8 Å². The smallest absolute Gasteiger partial charge is 0.366 e. The van der Waals surface area contributed by atoms with Crippen molar-refractivity contribution >= 4 is 5.97 Å². The van der Waals surface area contributed by atoms with Crippen molar-refractivity contribution in [2.24, 2.45) is 5.73 Å². The molecule has 52 heavy (non-hydrogen) atoms. The number of carbonyl (C=O) groups excluding carboxylic acids is 1. The number of hydrogen-bond acceptors (Lipinski definition) is 13. The van der Waals surface area contributed by atoms with Crippen molar-refractivity contribution in [2.45, 2.75) is 120 Å². The Kier molecular flexibility index (Phi) is 19.7. The first kappa shape index (κ1) is 43.9. The van der Waals surface area contributed by atoms with Gasteiger partial charge in [0.15, 0.2) is 0 Å². The van der Waals surface area contributed by atoms with Crippen molar-refractivity contribution in [1.29, 1.82) is 0 Å². The zero-order valence-electron chi connectivity index (χ0n) is 31.1. The first-order valence-electron chi connectivity index (χ1n) is 18.4. The summed E-state index contributed by atoms with van der Waals surface area (Å²) in [5.74, 6) is -3.20. The summed E-state index contributed by atoms with van der Waals surface area (Å²) in [5.41, 5.74) is 8.24. The highest BCUT2D eigenvalue weighted by Crippen LogP contribution is 2.34. The van der Waals surface area contributed by atoms with Crippen molar-refractivity contribution in [2.75, 3.05) is 46.8 Å². The number of aliphatic hydroxyl groups excluding tert-OH is 4. The maximum atomic E-state index is 13.3. The predicted octanol–water partition coefficient (Wildman–Crippen LogP) is 2.84. The number of hydrogen-bond donors (Lipinski definition) is 5. The number of rotatable bonds is 25. The zero-order valence-corrected chi connectivity index (χ0v) is 31.1. The average molecular weight is 736 g/mol. The quantitative estimate of drug-likeness (QED) is 0.0741. The molecule has 6 unspecified atom stereocenters. The largest absolute Gasteiger partial charge is 0.465 e. The Morgan fingerprint density at radius 2 is 1.62 bits per heavy atom. The molecule has 10 atom stereocenters. The number of unbranched alkanes of at least 4 members (excludes halogenated alkanes) is 2. The minimum Gasteiger partial charge on any atom is -0.465 e. The van der Waals surface area contributed by atoms with E-state index < -0.39 is 73.6 Å². The minimum atomic E-state index is -2.22. The molecule has 2 aromatic rings. The van der Waals surface area contributed by atoms with Crippen LogP contribution in [0.5, 0.6) is 0 Å². The normalized spacial score (nSPS) is 24.1. The number of benzene rings is 2. The van der Waals surface area contributed by atoms with Gasteiger partial charge in [0.2, 0.25) is 0 Å². The van der Waals surface area contributed by atoms with Gasteiger partial charge in [0, 0.05) is 26.1 Å². The first-order chi connectivity index (χ1) is 25.1. The molecular weight excluding hydrogens is 674 g/mol. The van der Waals surface area contributed by atoms with Crippen LogP contribution in [0, 0.1) is 0 Å². The zero-order chi connectivity index (χ0) is 37.9. The highest BCUT2D eigenvalue weighted by Gasteiger charge is 2.55. The van der Waals surface area contributed by atoms with E-state index in [2.05, 4.69) is 26.0 Å². The summed E-state index contributed by atoms with van der Waals surface area (Å²) in [5, 5.41) is 41.2. The van der Waals surface area contributed by atoms with Crippen LogP contribution in [-0.4, -0.2) is 128 Å². The third-order valence-electron chi connectivity index (χ3n) is 9.16. The molecule has 6 N–H and O–H groups in total. The first-order valence-corrected chi connectivity index (χ1v) is 18.4. The van der Waals surface area contributed by atoms with Crippen molar-refractivity contribution in [1.82, 2.24) is 0 Å². The number of nitrogens with two attached hydrogens (primary N) is 1. The Balaban J connectivity index is 1.87.